The topological polar surface area (TPSA) is 63.5 Å². The number of hydrogen-bond acceptors (Lipinski definition) is 3. The zero-order chi connectivity index (χ0) is 21.7. The van der Waals surface area contributed by atoms with Gasteiger partial charge in [-0.25, -0.2) is 4.79 Å². The second-order valence-electron chi connectivity index (χ2n) is 7.71. The molecule has 3 aromatic rings. The number of aromatic carboxylic acids is 1. The zero-order valence-corrected chi connectivity index (χ0v) is 18.1. The van der Waals surface area contributed by atoms with Gasteiger partial charge in [-0.2, -0.15) is 0 Å². The summed E-state index contributed by atoms with van der Waals surface area (Å²) in [6.45, 7) is 7.96. The van der Waals surface area contributed by atoms with Crippen LogP contribution in [0, 0.1) is 13.8 Å². The van der Waals surface area contributed by atoms with Gasteiger partial charge in [-0.3, -0.25) is 0 Å². The van der Waals surface area contributed by atoms with Crippen LogP contribution in [0.2, 0.25) is 0 Å². The second kappa shape index (κ2) is 9.63. The van der Waals surface area contributed by atoms with Gasteiger partial charge in [-0.05, 0) is 43.0 Å². The summed E-state index contributed by atoms with van der Waals surface area (Å²) in [6.07, 6.45) is 0. The van der Waals surface area contributed by atoms with Crippen LogP contribution in [0.3, 0.4) is 0 Å². The van der Waals surface area contributed by atoms with E-state index in [4.69, 9.17) is 4.74 Å². The summed E-state index contributed by atoms with van der Waals surface area (Å²) in [5, 5.41) is 13.3. The molecule has 0 unspecified atom stereocenters. The summed E-state index contributed by atoms with van der Waals surface area (Å²) in [5.41, 5.74) is 5.35. The molecule has 0 fully saturated rings. The fourth-order valence-corrected chi connectivity index (χ4v) is 3.95. The van der Waals surface area contributed by atoms with Crippen LogP contribution < -0.4 is 10.1 Å². The number of ether oxygens (including phenoxy) is 1. The van der Waals surface area contributed by atoms with Crippen molar-refractivity contribution >= 4 is 5.97 Å². The number of rotatable bonds is 9. The molecule has 5 nitrogen and oxygen atoms in total. The summed E-state index contributed by atoms with van der Waals surface area (Å²) in [4.78, 5) is 12.0. The molecule has 158 valence electrons. The lowest BCUT2D eigenvalue weighted by Gasteiger charge is -2.14. The van der Waals surface area contributed by atoms with E-state index in [0.29, 0.717) is 24.6 Å². The Morgan fingerprint density at radius 1 is 1.10 bits per heavy atom. The van der Waals surface area contributed by atoms with E-state index in [-0.39, 0.29) is 0 Å². The van der Waals surface area contributed by atoms with E-state index in [1.165, 1.54) is 5.56 Å². The largest absolute Gasteiger partial charge is 0.497 e. The van der Waals surface area contributed by atoms with Crippen molar-refractivity contribution in [2.75, 3.05) is 13.7 Å². The van der Waals surface area contributed by atoms with Gasteiger partial charge in [-0.15, -0.1) is 0 Å². The highest BCUT2D eigenvalue weighted by atomic mass is 16.5. The average Bonchev–Trinajstić information content (AvgIpc) is 2.99. The molecule has 2 aromatic carbocycles. The lowest BCUT2D eigenvalue weighted by Crippen LogP contribution is -2.21. The van der Waals surface area contributed by atoms with Gasteiger partial charge in [0.1, 0.15) is 5.75 Å². The number of hydrogen-bond donors (Lipinski definition) is 2. The number of nitrogens with zero attached hydrogens (tertiary/aromatic N) is 1. The first-order chi connectivity index (χ1) is 14.4. The van der Waals surface area contributed by atoms with Crippen molar-refractivity contribution in [3.05, 3.63) is 88.2 Å². The van der Waals surface area contributed by atoms with Gasteiger partial charge < -0.3 is 19.7 Å². The SMILES string of the molecule is COc1cccc(Cn2c(C)c(CNC[C@@H](C)c3ccccc3)c(C(=O)O)c2C)c1. The molecule has 0 aliphatic carbocycles. The van der Waals surface area contributed by atoms with Crippen molar-refractivity contribution < 1.29 is 14.6 Å². The van der Waals surface area contributed by atoms with Gasteiger partial charge in [0.15, 0.2) is 0 Å². The van der Waals surface area contributed by atoms with Crippen LogP contribution in [0.25, 0.3) is 0 Å². The highest BCUT2D eigenvalue weighted by Gasteiger charge is 2.22. The van der Waals surface area contributed by atoms with Gasteiger partial charge in [0, 0.05) is 36.6 Å². The molecule has 1 atom stereocenters. The van der Waals surface area contributed by atoms with E-state index in [9.17, 15) is 9.90 Å². The maximum atomic E-state index is 12.0. The molecule has 3 rings (SSSR count). The Morgan fingerprint density at radius 3 is 2.50 bits per heavy atom. The van der Waals surface area contributed by atoms with Crippen LogP contribution in [0.1, 0.15) is 51.3 Å². The van der Waals surface area contributed by atoms with E-state index < -0.39 is 5.97 Å². The minimum Gasteiger partial charge on any atom is -0.497 e. The molecule has 0 saturated carbocycles. The second-order valence-corrected chi connectivity index (χ2v) is 7.71. The third-order valence-corrected chi connectivity index (χ3v) is 5.72. The monoisotopic (exact) mass is 406 g/mol. The molecule has 0 aliphatic heterocycles. The van der Waals surface area contributed by atoms with E-state index in [1.54, 1.807) is 7.11 Å². The third kappa shape index (κ3) is 4.74. The van der Waals surface area contributed by atoms with Crippen LogP contribution in [-0.2, 0) is 13.1 Å². The van der Waals surface area contributed by atoms with Crippen molar-refractivity contribution in [1.29, 1.82) is 0 Å². The van der Waals surface area contributed by atoms with Crippen molar-refractivity contribution in [3.63, 3.8) is 0 Å². The first-order valence-electron chi connectivity index (χ1n) is 10.2. The summed E-state index contributed by atoms with van der Waals surface area (Å²) in [7, 11) is 1.65. The smallest absolute Gasteiger partial charge is 0.337 e. The molecule has 1 heterocycles. The quantitative estimate of drug-likeness (QED) is 0.538. The first-order valence-corrected chi connectivity index (χ1v) is 10.2. The number of nitrogens with one attached hydrogen (secondary N) is 1. The minimum atomic E-state index is -0.882. The van der Waals surface area contributed by atoms with Gasteiger partial charge in [0.25, 0.3) is 0 Å². The molecule has 0 spiro atoms. The number of carboxylic acids is 1. The van der Waals surface area contributed by atoms with E-state index >= 15 is 0 Å². The van der Waals surface area contributed by atoms with Crippen LogP contribution in [-0.4, -0.2) is 29.3 Å². The summed E-state index contributed by atoms with van der Waals surface area (Å²) in [6, 6.07) is 18.2. The van der Waals surface area contributed by atoms with Crippen LogP contribution in [0.15, 0.2) is 54.6 Å². The predicted molar refractivity (Wildman–Crippen MR) is 120 cm³/mol. The zero-order valence-electron chi connectivity index (χ0n) is 18.1. The van der Waals surface area contributed by atoms with Crippen LogP contribution >= 0.6 is 0 Å². The summed E-state index contributed by atoms with van der Waals surface area (Å²) in [5.74, 6) is 0.262. The Labute approximate surface area is 178 Å². The lowest BCUT2D eigenvalue weighted by atomic mass is 10.0. The molecule has 0 saturated heterocycles. The number of benzene rings is 2. The van der Waals surface area contributed by atoms with Crippen molar-refractivity contribution in [1.82, 2.24) is 9.88 Å². The van der Waals surface area contributed by atoms with Gasteiger partial charge in [0.05, 0.1) is 12.7 Å². The Kier molecular flexibility index (Phi) is 6.95. The van der Waals surface area contributed by atoms with Gasteiger partial charge >= 0.3 is 5.97 Å². The predicted octanol–water partition coefficient (Wildman–Crippen LogP) is 4.75. The van der Waals surface area contributed by atoms with Crippen molar-refractivity contribution in [3.8, 4) is 5.75 Å². The number of carboxylic acid groups (broad SMARTS) is 1. The van der Waals surface area contributed by atoms with E-state index in [0.717, 1.165) is 34.8 Å². The third-order valence-electron chi connectivity index (χ3n) is 5.72. The van der Waals surface area contributed by atoms with Gasteiger partial charge in [-0.1, -0.05) is 49.4 Å². The maximum Gasteiger partial charge on any atom is 0.337 e. The highest BCUT2D eigenvalue weighted by Crippen LogP contribution is 2.25. The van der Waals surface area contributed by atoms with E-state index in [2.05, 4.69) is 28.9 Å². The number of methoxy groups -OCH3 is 1. The maximum absolute atomic E-state index is 12.0. The molecule has 0 amide bonds. The molecule has 5 heteroatoms. The highest BCUT2D eigenvalue weighted by molar-refractivity contribution is 5.91. The van der Waals surface area contributed by atoms with Crippen molar-refractivity contribution in [2.45, 2.75) is 39.8 Å². The number of aromatic nitrogens is 1. The van der Waals surface area contributed by atoms with Gasteiger partial charge in [0.2, 0.25) is 0 Å². The summed E-state index contributed by atoms with van der Waals surface area (Å²) >= 11 is 0. The average molecular weight is 407 g/mol. The molecule has 0 radical (unpaired) electrons. The molecular weight excluding hydrogens is 376 g/mol. The lowest BCUT2D eigenvalue weighted by molar-refractivity contribution is 0.0694. The summed E-state index contributed by atoms with van der Waals surface area (Å²) < 4.78 is 7.40. The molecule has 2 N–H and O–H groups in total. The normalized spacial score (nSPS) is 12.0. The Balaban J connectivity index is 1.80. The molecular formula is C25H30N2O3. The fraction of sp³-hybridized carbons (Fsp3) is 0.320. The Hall–Kier alpha value is -3.05. The molecule has 1 aromatic heterocycles. The molecule has 0 bridgehead atoms. The number of carbonyl (C=O) groups is 1. The Morgan fingerprint density at radius 2 is 1.83 bits per heavy atom. The minimum absolute atomic E-state index is 0.347. The molecule has 30 heavy (non-hydrogen) atoms. The molecule has 0 aliphatic rings. The first kappa shape index (κ1) is 21.7. The van der Waals surface area contributed by atoms with Crippen molar-refractivity contribution in [2.24, 2.45) is 0 Å². The van der Waals surface area contributed by atoms with E-state index in [1.807, 2.05) is 56.3 Å². The van der Waals surface area contributed by atoms with Crippen LogP contribution in [0.4, 0.5) is 0 Å². The standard InChI is InChI=1S/C25H30N2O3/c1-17(21-10-6-5-7-11-21)14-26-15-23-18(2)27(19(3)24(23)25(28)29)16-20-9-8-12-22(13-20)30-4/h5-13,17,26H,14-16H2,1-4H3,(H,28,29)/t17-/m1/s1. The van der Waals surface area contributed by atoms with Crippen LogP contribution in [0.5, 0.6) is 5.75 Å². The Bertz CT molecular complexity index is 1010. The fourth-order valence-electron chi connectivity index (χ4n) is 3.95.